The molecule has 0 aliphatic heterocycles. The highest BCUT2D eigenvalue weighted by atomic mass is 32.2. The summed E-state index contributed by atoms with van der Waals surface area (Å²) in [7, 11) is 0. The number of carbonyl (C=O) groups is 2. The van der Waals surface area contributed by atoms with E-state index >= 15 is 0 Å². The molecule has 19 heavy (non-hydrogen) atoms. The summed E-state index contributed by atoms with van der Waals surface area (Å²) in [6, 6.07) is 8.02. The van der Waals surface area contributed by atoms with Gasteiger partial charge in [0, 0.05) is 5.75 Å². The lowest BCUT2D eigenvalue weighted by molar-refractivity contribution is -0.146. The molecule has 1 unspecified atom stereocenters. The lowest BCUT2D eigenvalue weighted by Gasteiger charge is -2.07. The van der Waals surface area contributed by atoms with Gasteiger partial charge in [0.2, 0.25) is 5.91 Å². The molecule has 1 aromatic rings. The third-order valence-electron chi connectivity index (χ3n) is 2.36. The largest absolute Gasteiger partial charge is 0.479 e. The summed E-state index contributed by atoms with van der Waals surface area (Å²) < 4.78 is 0. The fraction of sp³-hybridized carbons (Fsp3) is 0.385. The van der Waals surface area contributed by atoms with Gasteiger partial charge in [-0.05, 0) is 12.5 Å². The molecule has 1 atom stereocenters. The molecule has 0 heterocycles. The molecule has 0 radical (unpaired) electrons. The number of carboxylic acid groups (broad SMARTS) is 1. The second kappa shape index (κ2) is 7.81. The highest BCUT2D eigenvalue weighted by molar-refractivity contribution is 7.99. The zero-order valence-corrected chi connectivity index (χ0v) is 11.4. The molecule has 0 spiro atoms. The number of thioether (sulfide) groups is 1. The molecule has 0 aliphatic rings. The van der Waals surface area contributed by atoms with E-state index in [1.165, 1.54) is 17.3 Å². The van der Waals surface area contributed by atoms with E-state index < -0.39 is 12.1 Å². The van der Waals surface area contributed by atoms with Crippen LogP contribution in [0.4, 0.5) is 0 Å². The van der Waals surface area contributed by atoms with E-state index in [1.54, 1.807) is 0 Å². The molecule has 104 valence electrons. The number of amides is 1. The van der Waals surface area contributed by atoms with Crippen molar-refractivity contribution in [1.29, 1.82) is 0 Å². The average Bonchev–Trinajstić information content (AvgIpc) is 2.36. The molecule has 6 heteroatoms. The molecule has 0 bridgehead atoms. The number of carbonyl (C=O) groups excluding carboxylic acids is 1. The number of nitrogens with one attached hydrogen (secondary N) is 1. The van der Waals surface area contributed by atoms with Crippen molar-refractivity contribution in [3.8, 4) is 0 Å². The lowest BCUT2D eigenvalue weighted by atomic mass is 10.2. The van der Waals surface area contributed by atoms with E-state index in [1.807, 2.05) is 25.1 Å². The Kier molecular flexibility index (Phi) is 6.38. The Morgan fingerprint density at radius 3 is 2.79 bits per heavy atom. The highest BCUT2D eigenvalue weighted by Gasteiger charge is 2.13. The van der Waals surface area contributed by atoms with Gasteiger partial charge in [0.05, 0.1) is 12.3 Å². The predicted molar refractivity (Wildman–Crippen MR) is 74.0 cm³/mol. The Balaban J connectivity index is 2.22. The van der Waals surface area contributed by atoms with E-state index in [0.29, 0.717) is 0 Å². The van der Waals surface area contributed by atoms with Crippen molar-refractivity contribution >= 4 is 23.6 Å². The number of aliphatic carboxylic acids is 1. The number of carboxylic acids is 1. The summed E-state index contributed by atoms with van der Waals surface area (Å²) in [5.74, 6) is -0.665. The first kappa shape index (κ1) is 15.5. The molecule has 5 nitrogen and oxygen atoms in total. The summed E-state index contributed by atoms with van der Waals surface area (Å²) in [6.45, 7) is 1.74. The van der Waals surface area contributed by atoms with Crippen molar-refractivity contribution < 1.29 is 19.8 Å². The molecule has 1 rings (SSSR count). The SMILES string of the molecule is Cc1cccc(CSCC(=O)NCC(O)C(=O)O)c1. The van der Waals surface area contributed by atoms with Crippen LogP contribution < -0.4 is 5.32 Å². The first-order valence-corrected chi connectivity index (χ1v) is 6.95. The molecule has 1 aromatic carbocycles. The van der Waals surface area contributed by atoms with Gasteiger partial charge in [0.25, 0.3) is 0 Å². The van der Waals surface area contributed by atoms with E-state index in [0.717, 1.165) is 11.3 Å². The zero-order valence-electron chi connectivity index (χ0n) is 10.6. The minimum atomic E-state index is -1.55. The molecular formula is C13H17NO4S. The van der Waals surface area contributed by atoms with Crippen LogP contribution in [0.3, 0.4) is 0 Å². The zero-order chi connectivity index (χ0) is 14.3. The molecule has 0 fully saturated rings. The number of rotatable bonds is 7. The topological polar surface area (TPSA) is 86.6 Å². The van der Waals surface area contributed by atoms with Crippen LogP contribution in [0.1, 0.15) is 11.1 Å². The molecule has 0 aliphatic carbocycles. The van der Waals surface area contributed by atoms with Crippen LogP contribution in [-0.2, 0) is 15.3 Å². The fourth-order valence-electron chi connectivity index (χ4n) is 1.41. The Labute approximate surface area is 116 Å². The van der Waals surface area contributed by atoms with Crippen LogP contribution in [0.2, 0.25) is 0 Å². The van der Waals surface area contributed by atoms with Crippen molar-refractivity contribution in [2.45, 2.75) is 18.8 Å². The van der Waals surface area contributed by atoms with Gasteiger partial charge >= 0.3 is 5.97 Å². The van der Waals surface area contributed by atoms with Crippen LogP contribution in [-0.4, -0.2) is 40.5 Å². The smallest absolute Gasteiger partial charge is 0.334 e. The fourth-order valence-corrected chi connectivity index (χ4v) is 2.22. The van der Waals surface area contributed by atoms with Crippen molar-refractivity contribution in [3.63, 3.8) is 0 Å². The van der Waals surface area contributed by atoms with E-state index in [-0.39, 0.29) is 18.2 Å². The summed E-state index contributed by atoms with van der Waals surface area (Å²) in [4.78, 5) is 21.7. The van der Waals surface area contributed by atoms with Gasteiger partial charge in [-0.25, -0.2) is 4.79 Å². The number of aliphatic hydroxyl groups excluding tert-OH is 1. The van der Waals surface area contributed by atoms with Crippen molar-refractivity contribution in [3.05, 3.63) is 35.4 Å². The Morgan fingerprint density at radius 1 is 1.42 bits per heavy atom. The Hall–Kier alpha value is -1.53. The summed E-state index contributed by atoms with van der Waals surface area (Å²) in [5, 5.41) is 19.8. The van der Waals surface area contributed by atoms with Crippen LogP contribution in [0.5, 0.6) is 0 Å². The van der Waals surface area contributed by atoms with Gasteiger partial charge in [0.1, 0.15) is 0 Å². The Bertz CT molecular complexity index is 450. The maximum atomic E-state index is 11.4. The predicted octanol–water partition coefficient (Wildman–Crippen LogP) is 0.790. The minimum absolute atomic E-state index is 0.236. The van der Waals surface area contributed by atoms with Crippen molar-refractivity contribution in [2.75, 3.05) is 12.3 Å². The molecule has 0 saturated heterocycles. The minimum Gasteiger partial charge on any atom is -0.479 e. The van der Waals surface area contributed by atoms with Gasteiger partial charge < -0.3 is 15.5 Å². The standard InChI is InChI=1S/C13H17NO4S/c1-9-3-2-4-10(5-9)7-19-8-12(16)14-6-11(15)13(17)18/h2-5,11,15H,6-8H2,1H3,(H,14,16)(H,17,18). The quantitative estimate of drug-likeness (QED) is 0.689. The van der Waals surface area contributed by atoms with Gasteiger partial charge in [-0.1, -0.05) is 29.8 Å². The number of aliphatic hydroxyl groups is 1. The Morgan fingerprint density at radius 2 is 2.16 bits per heavy atom. The maximum Gasteiger partial charge on any atom is 0.334 e. The second-order valence-electron chi connectivity index (χ2n) is 4.14. The number of benzene rings is 1. The first-order chi connectivity index (χ1) is 8.99. The molecule has 0 saturated carbocycles. The van der Waals surface area contributed by atoms with E-state index in [4.69, 9.17) is 10.2 Å². The number of hydrogen-bond acceptors (Lipinski definition) is 4. The maximum absolute atomic E-state index is 11.4. The monoisotopic (exact) mass is 283 g/mol. The van der Waals surface area contributed by atoms with E-state index in [2.05, 4.69) is 11.4 Å². The van der Waals surface area contributed by atoms with Crippen molar-refractivity contribution in [1.82, 2.24) is 5.32 Å². The summed E-state index contributed by atoms with van der Waals surface area (Å²) >= 11 is 1.44. The molecule has 3 N–H and O–H groups in total. The van der Waals surface area contributed by atoms with Crippen molar-refractivity contribution in [2.24, 2.45) is 0 Å². The highest BCUT2D eigenvalue weighted by Crippen LogP contribution is 2.13. The molecular weight excluding hydrogens is 266 g/mol. The molecule has 0 aromatic heterocycles. The first-order valence-electron chi connectivity index (χ1n) is 5.80. The van der Waals surface area contributed by atoms with Gasteiger partial charge in [-0.15, -0.1) is 11.8 Å². The normalized spacial score (nSPS) is 11.9. The van der Waals surface area contributed by atoms with E-state index in [9.17, 15) is 9.59 Å². The molecule has 1 amide bonds. The average molecular weight is 283 g/mol. The second-order valence-corrected chi connectivity index (χ2v) is 5.13. The van der Waals surface area contributed by atoms with Crippen LogP contribution in [0.15, 0.2) is 24.3 Å². The third kappa shape index (κ3) is 6.26. The van der Waals surface area contributed by atoms with Gasteiger partial charge in [-0.3, -0.25) is 4.79 Å². The summed E-state index contributed by atoms with van der Waals surface area (Å²) in [6.07, 6.45) is -1.55. The summed E-state index contributed by atoms with van der Waals surface area (Å²) in [5.41, 5.74) is 2.32. The third-order valence-corrected chi connectivity index (χ3v) is 3.37. The number of aryl methyl sites for hydroxylation is 1. The van der Waals surface area contributed by atoms with Crippen LogP contribution in [0, 0.1) is 6.92 Å². The number of hydrogen-bond donors (Lipinski definition) is 3. The van der Waals surface area contributed by atoms with Crippen LogP contribution in [0.25, 0.3) is 0 Å². The van der Waals surface area contributed by atoms with Gasteiger partial charge in [-0.2, -0.15) is 0 Å². The van der Waals surface area contributed by atoms with Gasteiger partial charge in [0.15, 0.2) is 6.10 Å². The lowest BCUT2D eigenvalue weighted by Crippen LogP contribution is -2.37. The van der Waals surface area contributed by atoms with Crippen LogP contribution >= 0.6 is 11.8 Å².